The zero-order valence-corrected chi connectivity index (χ0v) is 21.2. The van der Waals surface area contributed by atoms with Crippen molar-refractivity contribution in [2.75, 3.05) is 44.4 Å². The van der Waals surface area contributed by atoms with Crippen LogP contribution < -0.4 is 10.2 Å². The van der Waals surface area contributed by atoms with Crippen LogP contribution in [0.15, 0.2) is 36.0 Å². The van der Waals surface area contributed by atoms with Crippen molar-refractivity contribution in [3.05, 3.63) is 57.7 Å². The molecule has 5 nitrogen and oxygen atoms in total. The van der Waals surface area contributed by atoms with Crippen LogP contribution in [0.3, 0.4) is 0 Å². The van der Waals surface area contributed by atoms with Crippen molar-refractivity contribution in [3.8, 4) is 0 Å². The van der Waals surface area contributed by atoms with E-state index >= 15 is 0 Å². The molecule has 186 valence electrons. The first-order valence-corrected chi connectivity index (χ1v) is 11.4. The number of nitrogens with zero attached hydrogens (tertiary/aromatic N) is 3. The summed E-state index contributed by atoms with van der Waals surface area (Å²) in [5, 5.41) is 2.88. The molecule has 34 heavy (non-hydrogen) atoms. The summed E-state index contributed by atoms with van der Waals surface area (Å²) in [4.78, 5) is 21.7. The summed E-state index contributed by atoms with van der Waals surface area (Å²) < 4.78 is 38.4. The van der Waals surface area contributed by atoms with E-state index < -0.39 is 17.6 Å². The van der Waals surface area contributed by atoms with Gasteiger partial charge in [-0.3, -0.25) is 4.79 Å². The van der Waals surface area contributed by atoms with Gasteiger partial charge < -0.3 is 15.1 Å². The average Bonchev–Trinajstić information content (AvgIpc) is 2.77. The highest BCUT2D eigenvalue weighted by Gasteiger charge is 2.30. The highest BCUT2D eigenvalue weighted by atomic mass is 35.5. The van der Waals surface area contributed by atoms with Crippen LogP contribution in [0.1, 0.15) is 55.1 Å². The van der Waals surface area contributed by atoms with E-state index in [1.165, 1.54) is 18.3 Å². The number of pyridine rings is 1. The molecule has 0 spiro atoms. The van der Waals surface area contributed by atoms with Crippen molar-refractivity contribution >= 4 is 34.6 Å². The Morgan fingerprint density at radius 1 is 1.09 bits per heavy atom. The van der Waals surface area contributed by atoms with Gasteiger partial charge in [0.2, 0.25) is 0 Å². The minimum atomic E-state index is -4.44. The number of allylic oxidation sites excluding steroid dienone is 2. The Hall–Kier alpha value is -2.58. The zero-order valence-electron chi connectivity index (χ0n) is 20.5. The fraction of sp³-hybridized carbons (Fsp3) is 0.440. The number of anilines is 2. The number of carbonyl (C=O) groups is 1. The Kier molecular flexibility index (Phi) is 9.53. The Bertz CT molecular complexity index is 1030. The van der Waals surface area contributed by atoms with Crippen molar-refractivity contribution in [1.29, 1.82) is 0 Å². The summed E-state index contributed by atoms with van der Waals surface area (Å²) >= 11 is 6.77. The van der Waals surface area contributed by atoms with Crippen LogP contribution in [0.5, 0.6) is 0 Å². The van der Waals surface area contributed by atoms with Crippen molar-refractivity contribution < 1.29 is 18.0 Å². The SMILES string of the molecule is CCC(C)=C(C)c1c(N(C)CCCN(C)C)ncc(C(=O)Nc2ccc(C(F)(F)F)cc2)c1Cl. The lowest BCUT2D eigenvalue weighted by Gasteiger charge is -2.24. The number of nitrogens with one attached hydrogen (secondary N) is 1. The van der Waals surface area contributed by atoms with E-state index in [0.717, 1.165) is 49.2 Å². The van der Waals surface area contributed by atoms with Gasteiger partial charge in [-0.2, -0.15) is 13.2 Å². The molecule has 1 aromatic heterocycles. The second kappa shape index (κ2) is 11.7. The van der Waals surface area contributed by atoms with Crippen LogP contribution in [0, 0.1) is 0 Å². The Balaban J connectivity index is 2.41. The summed E-state index contributed by atoms with van der Waals surface area (Å²) in [6, 6.07) is 4.26. The molecule has 0 saturated heterocycles. The molecule has 0 aliphatic heterocycles. The van der Waals surface area contributed by atoms with E-state index in [1.807, 2.05) is 46.8 Å². The quantitative estimate of drug-likeness (QED) is 0.425. The first-order valence-electron chi connectivity index (χ1n) is 11.1. The Labute approximate surface area is 204 Å². The molecule has 0 aliphatic rings. The van der Waals surface area contributed by atoms with E-state index in [1.54, 1.807) is 0 Å². The fourth-order valence-electron chi connectivity index (χ4n) is 3.41. The highest BCUT2D eigenvalue weighted by Crippen LogP contribution is 2.36. The van der Waals surface area contributed by atoms with Gasteiger partial charge in [-0.1, -0.05) is 24.1 Å². The number of hydrogen-bond acceptors (Lipinski definition) is 4. The van der Waals surface area contributed by atoms with Gasteiger partial charge in [-0.25, -0.2) is 4.98 Å². The Morgan fingerprint density at radius 2 is 1.71 bits per heavy atom. The number of halogens is 4. The number of rotatable bonds is 9. The molecule has 0 radical (unpaired) electrons. The lowest BCUT2D eigenvalue weighted by atomic mass is 9.99. The third kappa shape index (κ3) is 6.96. The zero-order chi connectivity index (χ0) is 25.6. The fourth-order valence-corrected chi connectivity index (χ4v) is 3.77. The molecule has 1 amide bonds. The van der Waals surface area contributed by atoms with Gasteiger partial charge in [-0.15, -0.1) is 0 Å². The number of amides is 1. The predicted molar refractivity (Wildman–Crippen MR) is 134 cm³/mol. The maximum atomic E-state index is 13.0. The largest absolute Gasteiger partial charge is 0.416 e. The summed E-state index contributed by atoms with van der Waals surface area (Å²) in [6.07, 6.45) is -1.29. The molecule has 0 saturated carbocycles. The molecule has 0 aliphatic carbocycles. The van der Waals surface area contributed by atoms with Crippen molar-refractivity contribution in [3.63, 3.8) is 0 Å². The third-order valence-corrected chi connectivity index (χ3v) is 6.11. The third-order valence-electron chi connectivity index (χ3n) is 5.72. The summed E-state index contributed by atoms with van der Waals surface area (Å²) in [5.41, 5.74) is 2.35. The first kappa shape index (κ1) is 27.7. The monoisotopic (exact) mass is 496 g/mol. The number of benzene rings is 1. The molecule has 1 heterocycles. The van der Waals surface area contributed by atoms with Gasteiger partial charge >= 0.3 is 6.18 Å². The van der Waals surface area contributed by atoms with Crippen LogP contribution in [0.25, 0.3) is 5.57 Å². The van der Waals surface area contributed by atoms with Gasteiger partial charge in [0.05, 0.1) is 16.1 Å². The van der Waals surface area contributed by atoms with Gasteiger partial charge in [0, 0.05) is 31.0 Å². The van der Waals surface area contributed by atoms with Gasteiger partial charge in [0.15, 0.2) is 0 Å². The predicted octanol–water partition coefficient (Wildman–Crippen LogP) is 6.60. The molecule has 0 bridgehead atoms. The molecule has 1 aromatic carbocycles. The second-order valence-electron chi connectivity index (χ2n) is 8.55. The lowest BCUT2D eigenvalue weighted by Crippen LogP contribution is -2.25. The van der Waals surface area contributed by atoms with Crippen LogP contribution in [0.4, 0.5) is 24.7 Å². The van der Waals surface area contributed by atoms with Crippen molar-refractivity contribution in [2.24, 2.45) is 0 Å². The number of carbonyl (C=O) groups excluding carboxylic acids is 1. The molecule has 2 rings (SSSR count). The number of hydrogen-bond donors (Lipinski definition) is 1. The molecular weight excluding hydrogens is 465 g/mol. The molecule has 9 heteroatoms. The minimum absolute atomic E-state index is 0.158. The van der Waals surface area contributed by atoms with E-state index in [-0.39, 0.29) is 16.3 Å². The summed E-state index contributed by atoms with van der Waals surface area (Å²) in [5.74, 6) is 0.141. The molecular formula is C25H32ClF3N4O. The maximum Gasteiger partial charge on any atom is 0.416 e. The molecule has 0 unspecified atom stereocenters. The lowest BCUT2D eigenvalue weighted by molar-refractivity contribution is -0.137. The van der Waals surface area contributed by atoms with Crippen LogP contribution >= 0.6 is 11.6 Å². The van der Waals surface area contributed by atoms with Crippen molar-refractivity contribution in [2.45, 2.75) is 39.8 Å². The summed E-state index contributed by atoms with van der Waals surface area (Å²) in [7, 11) is 5.97. The van der Waals surface area contributed by atoms with E-state index in [4.69, 9.17) is 11.6 Å². The van der Waals surface area contributed by atoms with E-state index in [0.29, 0.717) is 11.4 Å². The second-order valence-corrected chi connectivity index (χ2v) is 8.93. The standard InChI is InChI=1S/C25H32ClF3N4O/c1-7-16(2)17(3)21-22(26)20(15-30-23(21)33(6)14-8-13-32(4)5)24(34)31-19-11-9-18(10-12-19)25(27,28)29/h9-12,15H,7-8,13-14H2,1-6H3,(H,31,34). The maximum absolute atomic E-state index is 13.0. The van der Waals surface area contributed by atoms with Crippen LogP contribution in [-0.2, 0) is 6.18 Å². The minimum Gasteiger partial charge on any atom is -0.359 e. The topological polar surface area (TPSA) is 48.5 Å². The molecule has 0 atom stereocenters. The van der Waals surface area contributed by atoms with Gasteiger partial charge in [0.1, 0.15) is 5.82 Å². The van der Waals surface area contributed by atoms with E-state index in [2.05, 4.69) is 15.2 Å². The van der Waals surface area contributed by atoms with Crippen LogP contribution in [0.2, 0.25) is 5.02 Å². The smallest absolute Gasteiger partial charge is 0.359 e. The Morgan fingerprint density at radius 3 is 2.24 bits per heavy atom. The first-order chi connectivity index (χ1) is 15.9. The van der Waals surface area contributed by atoms with Crippen molar-refractivity contribution in [1.82, 2.24) is 9.88 Å². The average molecular weight is 497 g/mol. The number of alkyl halides is 3. The van der Waals surface area contributed by atoms with Crippen LogP contribution in [-0.4, -0.2) is 50.0 Å². The van der Waals surface area contributed by atoms with Gasteiger partial charge in [0.25, 0.3) is 5.91 Å². The molecule has 0 fully saturated rings. The molecule has 2 aromatic rings. The highest BCUT2D eigenvalue weighted by molar-refractivity contribution is 6.36. The number of aromatic nitrogens is 1. The summed E-state index contributed by atoms with van der Waals surface area (Å²) in [6.45, 7) is 7.68. The van der Waals surface area contributed by atoms with E-state index in [9.17, 15) is 18.0 Å². The molecule has 1 N–H and O–H groups in total. The normalized spacial score (nSPS) is 12.6. The van der Waals surface area contributed by atoms with Gasteiger partial charge in [-0.05, 0) is 77.2 Å².